The van der Waals surface area contributed by atoms with Crippen LogP contribution in [0.5, 0.6) is 11.5 Å². The van der Waals surface area contributed by atoms with E-state index in [1.165, 1.54) is 10.9 Å². The van der Waals surface area contributed by atoms with Crippen molar-refractivity contribution in [3.63, 3.8) is 0 Å². The van der Waals surface area contributed by atoms with Crippen LogP contribution in [0.1, 0.15) is 27.8 Å². The third-order valence-electron chi connectivity index (χ3n) is 5.38. The van der Waals surface area contributed by atoms with Gasteiger partial charge in [0.15, 0.2) is 11.5 Å². The number of hydrogen-bond acceptors (Lipinski definition) is 5. The topological polar surface area (TPSA) is 55.7 Å². The summed E-state index contributed by atoms with van der Waals surface area (Å²) in [5.41, 5.74) is 9.36. The summed E-state index contributed by atoms with van der Waals surface area (Å²) < 4.78 is 11.4. The van der Waals surface area contributed by atoms with Crippen LogP contribution in [-0.2, 0) is 6.61 Å². The Morgan fingerprint density at radius 1 is 0.970 bits per heavy atom. The average Bonchev–Trinajstić information content (AvgIpc) is 2.80. The molecule has 0 atom stereocenters. The van der Waals surface area contributed by atoms with Crippen molar-refractivity contribution in [3.05, 3.63) is 93.5 Å². The normalized spacial score (nSPS) is 11.2. The fraction of sp³-hybridized carbons (Fsp3) is 0.185. The zero-order valence-electron chi connectivity index (χ0n) is 19.1. The van der Waals surface area contributed by atoms with Crippen molar-refractivity contribution >= 4 is 34.5 Å². The van der Waals surface area contributed by atoms with E-state index >= 15 is 0 Å². The van der Waals surface area contributed by atoms with Gasteiger partial charge in [0.05, 0.1) is 18.8 Å². The third-order valence-corrected chi connectivity index (χ3v) is 5.75. The highest BCUT2D eigenvalue weighted by atomic mass is 35.5. The van der Waals surface area contributed by atoms with Crippen molar-refractivity contribution in [2.24, 2.45) is 5.10 Å². The first-order valence-electron chi connectivity index (χ1n) is 10.7. The number of nitrogens with zero attached hydrogens (tertiary/aromatic N) is 2. The molecule has 0 saturated heterocycles. The predicted molar refractivity (Wildman–Crippen MR) is 136 cm³/mol. The number of hydrogen-bond donors (Lipinski definition) is 1. The van der Waals surface area contributed by atoms with Gasteiger partial charge in [-0.3, -0.25) is 5.43 Å². The minimum atomic E-state index is 0.358. The SMILES string of the molecule is COc1cc(C=NNc2cc(C)c3cc(C)cc(C)c3n2)ccc1OCc1ccccc1Cl. The fourth-order valence-corrected chi connectivity index (χ4v) is 3.92. The summed E-state index contributed by atoms with van der Waals surface area (Å²) in [6, 6.07) is 19.6. The summed E-state index contributed by atoms with van der Waals surface area (Å²) in [4.78, 5) is 4.74. The van der Waals surface area contributed by atoms with E-state index in [1.807, 2.05) is 48.5 Å². The van der Waals surface area contributed by atoms with Crippen LogP contribution in [0.25, 0.3) is 10.9 Å². The van der Waals surface area contributed by atoms with Gasteiger partial charge >= 0.3 is 0 Å². The molecule has 0 aliphatic heterocycles. The van der Waals surface area contributed by atoms with Crippen LogP contribution in [0.15, 0.2) is 65.8 Å². The molecule has 33 heavy (non-hydrogen) atoms. The summed E-state index contributed by atoms with van der Waals surface area (Å²) in [6.45, 7) is 6.63. The van der Waals surface area contributed by atoms with Gasteiger partial charge in [0.1, 0.15) is 12.4 Å². The molecule has 1 aromatic heterocycles. The first-order chi connectivity index (χ1) is 15.9. The van der Waals surface area contributed by atoms with Crippen molar-refractivity contribution in [3.8, 4) is 11.5 Å². The van der Waals surface area contributed by atoms with Gasteiger partial charge < -0.3 is 9.47 Å². The molecule has 6 heteroatoms. The van der Waals surface area contributed by atoms with Crippen LogP contribution in [0.4, 0.5) is 5.82 Å². The van der Waals surface area contributed by atoms with Gasteiger partial charge in [0.25, 0.3) is 0 Å². The molecule has 3 aromatic carbocycles. The minimum Gasteiger partial charge on any atom is -0.493 e. The summed E-state index contributed by atoms with van der Waals surface area (Å²) in [5.74, 6) is 1.96. The summed E-state index contributed by atoms with van der Waals surface area (Å²) >= 11 is 6.21. The standard InChI is InChI=1S/C27H26ClN3O2/c1-17-11-19(3)27-22(12-17)18(2)13-26(30-27)31-29-15-20-9-10-24(25(14-20)32-4)33-16-21-7-5-6-8-23(21)28/h5-15H,16H2,1-4H3,(H,30,31). The lowest BCUT2D eigenvalue weighted by molar-refractivity contribution is 0.284. The number of halogens is 1. The lowest BCUT2D eigenvalue weighted by atomic mass is 10.0. The van der Waals surface area contributed by atoms with E-state index in [2.05, 4.69) is 43.4 Å². The first kappa shape index (κ1) is 22.6. The van der Waals surface area contributed by atoms with Gasteiger partial charge in [-0.05, 0) is 73.9 Å². The summed E-state index contributed by atoms with van der Waals surface area (Å²) in [7, 11) is 1.61. The van der Waals surface area contributed by atoms with E-state index in [0.717, 1.165) is 27.8 Å². The predicted octanol–water partition coefficient (Wildman–Crippen LogP) is 6.85. The van der Waals surface area contributed by atoms with Gasteiger partial charge in [0.2, 0.25) is 0 Å². The van der Waals surface area contributed by atoms with Crippen LogP contribution in [0.2, 0.25) is 5.02 Å². The molecule has 1 N–H and O–H groups in total. The van der Waals surface area contributed by atoms with Crippen LogP contribution < -0.4 is 14.9 Å². The Morgan fingerprint density at radius 2 is 1.79 bits per heavy atom. The molecule has 0 bridgehead atoms. The highest BCUT2D eigenvalue weighted by Crippen LogP contribution is 2.29. The van der Waals surface area contributed by atoms with Crippen LogP contribution in [0, 0.1) is 20.8 Å². The Labute approximate surface area is 199 Å². The Balaban J connectivity index is 1.48. The maximum Gasteiger partial charge on any atom is 0.161 e. The van der Waals surface area contributed by atoms with E-state index in [9.17, 15) is 0 Å². The second kappa shape index (κ2) is 9.92. The molecular weight excluding hydrogens is 434 g/mol. The molecule has 1 heterocycles. The maximum absolute atomic E-state index is 6.21. The fourth-order valence-electron chi connectivity index (χ4n) is 3.73. The molecule has 0 unspecified atom stereocenters. The van der Waals surface area contributed by atoms with Gasteiger partial charge in [0, 0.05) is 16.0 Å². The van der Waals surface area contributed by atoms with Gasteiger partial charge in [-0.25, -0.2) is 4.98 Å². The van der Waals surface area contributed by atoms with Gasteiger partial charge in [-0.1, -0.05) is 41.4 Å². The molecular formula is C27H26ClN3O2. The number of methoxy groups -OCH3 is 1. The molecule has 0 amide bonds. The average molecular weight is 460 g/mol. The number of benzene rings is 3. The molecule has 0 aliphatic rings. The molecule has 4 rings (SSSR count). The lowest BCUT2D eigenvalue weighted by Gasteiger charge is -2.12. The number of fused-ring (bicyclic) bond motifs is 1. The van der Waals surface area contributed by atoms with Crippen molar-refractivity contribution in [1.29, 1.82) is 0 Å². The summed E-state index contributed by atoms with van der Waals surface area (Å²) in [5, 5.41) is 6.21. The molecule has 0 spiro atoms. The van der Waals surface area contributed by atoms with Crippen molar-refractivity contribution in [2.75, 3.05) is 12.5 Å². The number of aryl methyl sites for hydroxylation is 3. The molecule has 0 radical (unpaired) electrons. The largest absolute Gasteiger partial charge is 0.493 e. The smallest absolute Gasteiger partial charge is 0.161 e. The number of hydrazone groups is 1. The first-order valence-corrected chi connectivity index (χ1v) is 11.0. The molecule has 0 aliphatic carbocycles. The van der Waals surface area contributed by atoms with Crippen molar-refractivity contribution in [2.45, 2.75) is 27.4 Å². The minimum absolute atomic E-state index is 0.358. The number of pyridine rings is 1. The Kier molecular flexibility index (Phi) is 6.80. The molecule has 0 saturated carbocycles. The monoisotopic (exact) mass is 459 g/mol. The van der Waals surface area contributed by atoms with Gasteiger partial charge in [-0.15, -0.1) is 0 Å². The molecule has 0 fully saturated rings. The Morgan fingerprint density at radius 3 is 2.58 bits per heavy atom. The Hall–Kier alpha value is -3.57. The number of aromatic nitrogens is 1. The highest BCUT2D eigenvalue weighted by molar-refractivity contribution is 6.31. The van der Waals surface area contributed by atoms with Crippen LogP contribution in [0.3, 0.4) is 0 Å². The van der Waals surface area contributed by atoms with Crippen LogP contribution >= 0.6 is 11.6 Å². The Bertz CT molecular complexity index is 1330. The molecule has 168 valence electrons. The highest BCUT2D eigenvalue weighted by Gasteiger charge is 2.08. The van der Waals surface area contributed by atoms with E-state index in [1.54, 1.807) is 13.3 Å². The van der Waals surface area contributed by atoms with E-state index in [0.29, 0.717) is 28.9 Å². The third kappa shape index (κ3) is 5.26. The van der Waals surface area contributed by atoms with Crippen LogP contribution in [-0.4, -0.2) is 18.3 Å². The van der Waals surface area contributed by atoms with Gasteiger partial charge in [-0.2, -0.15) is 5.10 Å². The maximum atomic E-state index is 6.21. The van der Waals surface area contributed by atoms with Crippen molar-refractivity contribution < 1.29 is 9.47 Å². The van der Waals surface area contributed by atoms with E-state index in [-0.39, 0.29) is 0 Å². The van der Waals surface area contributed by atoms with Crippen molar-refractivity contribution in [1.82, 2.24) is 4.98 Å². The zero-order valence-corrected chi connectivity index (χ0v) is 19.9. The molecule has 5 nitrogen and oxygen atoms in total. The second-order valence-corrected chi connectivity index (χ2v) is 8.37. The molecule has 4 aromatic rings. The second-order valence-electron chi connectivity index (χ2n) is 7.96. The number of ether oxygens (including phenoxy) is 2. The summed E-state index contributed by atoms with van der Waals surface area (Å²) in [6.07, 6.45) is 1.73. The zero-order chi connectivity index (χ0) is 23.4. The number of rotatable bonds is 7. The van der Waals surface area contributed by atoms with E-state index in [4.69, 9.17) is 26.1 Å². The number of anilines is 1. The number of nitrogens with one attached hydrogen (secondary N) is 1. The lowest BCUT2D eigenvalue weighted by Crippen LogP contribution is -1.99. The quantitative estimate of drug-likeness (QED) is 0.242. The van der Waals surface area contributed by atoms with E-state index < -0.39 is 0 Å².